The lowest BCUT2D eigenvalue weighted by Gasteiger charge is -2.11. The summed E-state index contributed by atoms with van der Waals surface area (Å²) in [4.78, 5) is 1.26. The van der Waals surface area contributed by atoms with Gasteiger partial charge in [-0.3, -0.25) is 0 Å². The van der Waals surface area contributed by atoms with Gasteiger partial charge < -0.3 is 5.73 Å². The zero-order valence-electron chi connectivity index (χ0n) is 9.21. The van der Waals surface area contributed by atoms with Gasteiger partial charge in [-0.15, -0.1) is 11.8 Å². The summed E-state index contributed by atoms with van der Waals surface area (Å²) < 4.78 is 0. The third-order valence-electron chi connectivity index (χ3n) is 2.45. The maximum Gasteiger partial charge on any atom is 0.0454 e. The normalized spacial score (nSPS) is 12.8. The van der Waals surface area contributed by atoms with Crippen molar-refractivity contribution in [3.8, 4) is 0 Å². The van der Waals surface area contributed by atoms with Crippen molar-refractivity contribution in [3.63, 3.8) is 0 Å². The van der Waals surface area contributed by atoms with Crippen LogP contribution in [0.25, 0.3) is 0 Å². The summed E-state index contributed by atoms with van der Waals surface area (Å²) in [5, 5.41) is 0. The lowest BCUT2D eigenvalue weighted by molar-refractivity contribution is 0.637. The van der Waals surface area contributed by atoms with Crippen LogP contribution in [0.5, 0.6) is 0 Å². The van der Waals surface area contributed by atoms with Gasteiger partial charge in [-0.1, -0.05) is 32.4 Å². The number of thioether (sulfide) groups is 1. The SMILES string of the molecule is CCC(C)CSc1c(C)cccc1N. The molecule has 0 aromatic heterocycles. The molecule has 0 fully saturated rings. The van der Waals surface area contributed by atoms with E-state index in [1.54, 1.807) is 0 Å². The molecule has 0 aliphatic heterocycles. The van der Waals surface area contributed by atoms with Gasteiger partial charge in [0, 0.05) is 16.3 Å². The fourth-order valence-electron chi connectivity index (χ4n) is 1.22. The van der Waals surface area contributed by atoms with Crippen LogP contribution in [0, 0.1) is 12.8 Å². The molecule has 14 heavy (non-hydrogen) atoms. The molecule has 1 aromatic carbocycles. The Balaban J connectivity index is 2.66. The minimum atomic E-state index is 0.763. The quantitative estimate of drug-likeness (QED) is 0.604. The van der Waals surface area contributed by atoms with E-state index in [2.05, 4.69) is 26.8 Å². The molecule has 1 nitrogen and oxygen atoms in total. The number of benzene rings is 1. The van der Waals surface area contributed by atoms with E-state index in [1.807, 2.05) is 23.9 Å². The first kappa shape index (κ1) is 11.4. The minimum absolute atomic E-state index is 0.763. The minimum Gasteiger partial charge on any atom is -0.398 e. The predicted molar refractivity (Wildman–Crippen MR) is 65.8 cm³/mol. The highest BCUT2D eigenvalue weighted by Gasteiger charge is 2.05. The van der Waals surface area contributed by atoms with E-state index >= 15 is 0 Å². The Morgan fingerprint density at radius 3 is 2.71 bits per heavy atom. The zero-order chi connectivity index (χ0) is 10.6. The van der Waals surface area contributed by atoms with Crippen LogP contribution in [-0.4, -0.2) is 5.75 Å². The molecule has 1 aromatic rings. The van der Waals surface area contributed by atoms with Gasteiger partial charge in [0.25, 0.3) is 0 Å². The maximum absolute atomic E-state index is 5.93. The summed E-state index contributed by atoms with van der Waals surface area (Å²) >= 11 is 1.88. The van der Waals surface area contributed by atoms with E-state index in [-0.39, 0.29) is 0 Å². The van der Waals surface area contributed by atoms with Crippen LogP contribution in [0.4, 0.5) is 5.69 Å². The second-order valence-corrected chi connectivity index (χ2v) is 4.85. The molecule has 0 heterocycles. The van der Waals surface area contributed by atoms with Gasteiger partial charge in [0.05, 0.1) is 0 Å². The van der Waals surface area contributed by atoms with E-state index in [1.165, 1.54) is 16.9 Å². The summed E-state index contributed by atoms with van der Waals surface area (Å²) in [5.74, 6) is 1.92. The fourth-order valence-corrected chi connectivity index (χ4v) is 2.43. The van der Waals surface area contributed by atoms with Crippen LogP contribution < -0.4 is 5.73 Å². The molecule has 78 valence electrons. The Morgan fingerprint density at radius 1 is 1.43 bits per heavy atom. The van der Waals surface area contributed by atoms with E-state index in [9.17, 15) is 0 Å². The fraction of sp³-hybridized carbons (Fsp3) is 0.500. The average molecular weight is 209 g/mol. The van der Waals surface area contributed by atoms with Crippen molar-refractivity contribution < 1.29 is 0 Å². The first-order valence-electron chi connectivity index (χ1n) is 5.13. The molecular formula is C12H19NS. The molecule has 0 aliphatic carbocycles. The molecule has 2 heteroatoms. The largest absolute Gasteiger partial charge is 0.398 e. The molecule has 0 saturated heterocycles. The summed E-state index contributed by atoms with van der Waals surface area (Å²) in [6.07, 6.45) is 1.23. The van der Waals surface area contributed by atoms with Crippen molar-refractivity contribution >= 4 is 17.4 Å². The van der Waals surface area contributed by atoms with Crippen molar-refractivity contribution in [1.82, 2.24) is 0 Å². The van der Waals surface area contributed by atoms with Crippen LogP contribution in [-0.2, 0) is 0 Å². The summed E-state index contributed by atoms with van der Waals surface area (Å²) in [7, 11) is 0. The van der Waals surface area contributed by atoms with Crippen molar-refractivity contribution in [2.75, 3.05) is 11.5 Å². The highest BCUT2D eigenvalue weighted by atomic mass is 32.2. The predicted octanol–water partition coefficient (Wildman–Crippen LogP) is 3.72. The number of nitrogens with two attached hydrogens (primary N) is 1. The molecule has 0 spiro atoms. The molecule has 0 saturated carbocycles. The Bertz CT molecular complexity index is 276. The summed E-state index contributed by atoms with van der Waals surface area (Å²) in [6, 6.07) is 6.11. The molecule has 0 aliphatic rings. The van der Waals surface area contributed by atoms with E-state index in [4.69, 9.17) is 5.73 Å². The number of hydrogen-bond acceptors (Lipinski definition) is 2. The van der Waals surface area contributed by atoms with Gasteiger partial charge in [0.1, 0.15) is 0 Å². The highest BCUT2D eigenvalue weighted by molar-refractivity contribution is 7.99. The smallest absolute Gasteiger partial charge is 0.0454 e. The van der Waals surface area contributed by atoms with Crippen molar-refractivity contribution in [3.05, 3.63) is 23.8 Å². The van der Waals surface area contributed by atoms with Gasteiger partial charge in [0.2, 0.25) is 0 Å². The molecule has 0 bridgehead atoms. The van der Waals surface area contributed by atoms with Crippen molar-refractivity contribution in [2.24, 2.45) is 5.92 Å². The second kappa shape index (κ2) is 5.30. The molecule has 0 amide bonds. The number of aryl methyl sites for hydroxylation is 1. The number of hydrogen-bond donors (Lipinski definition) is 1. The van der Waals surface area contributed by atoms with E-state index in [0.717, 1.165) is 17.4 Å². The molecule has 0 radical (unpaired) electrons. The Hall–Kier alpha value is -0.630. The third kappa shape index (κ3) is 2.95. The molecular weight excluding hydrogens is 190 g/mol. The molecule has 1 rings (SSSR count). The van der Waals surface area contributed by atoms with Gasteiger partial charge in [0.15, 0.2) is 0 Å². The van der Waals surface area contributed by atoms with Gasteiger partial charge in [-0.25, -0.2) is 0 Å². The van der Waals surface area contributed by atoms with Crippen LogP contribution in [0.2, 0.25) is 0 Å². The monoisotopic (exact) mass is 209 g/mol. The van der Waals surface area contributed by atoms with Crippen LogP contribution in [0.1, 0.15) is 25.8 Å². The lowest BCUT2D eigenvalue weighted by Crippen LogP contribution is -1.98. The number of rotatable bonds is 4. The average Bonchev–Trinajstić information content (AvgIpc) is 2.16. The van der Waals surface area contributed by atoms with Gasteiger partial charge in [-0.2, -0.15) is 0 Å². The summed E-state index contributed by atoms with van der Waals surface area (Å²) in [6.45, 7) is 6.63. The standard InChI is InChI=1S/C12H19NS/c1-4-9(2)8-14-12-10(3)6-5-7-11(12)13/h5-7,9H,4,8,13H2,1-3H3. The van der Waals surface area contributed by atoms with Crippen LogP contribution in [0.3, 0.4) is 0 Å². The van der Waals surface area contributed by atoms with Crippen molar-refractivity contribution in [2.45, 2.75) is 32.1 Å². The highest BCUT2D eigenvalue weighted by Crippen LogP contribution is 2.30. The Kier molecular flexibility index (Phi) is 4.33. The molecule has 1 atom stereocenters. The topological polar surface area (TPSA) is 26.0 Å². The number of anilines is 1. The third-order valence-corrected chi connectivity index (χ3v) is 4.03. The van der Waals surface area contributed by atoms with Crippen LogP contribution >= 0.6 is 11.8 Å². The zero-order valence-corrected chi connectivity index (χ0v) is 10.0. The lowest BCUT2D eigenvalue weighted by atomic mass is 10.2. The van der Waals surface area contributed by atoms with Crippen molar-refractivity contribution in [1.29, 1.82) is 0 Å². The molecule has 1 unspecified atom stereocenters. The summed E-state index contributed by atoms with van der Waals surface area (Å²) in [5.41, 5.74) is 8.13. The van der Waals surface area contributed by atoms with Gasteiger partial charge in [-0.05, 0) is 24.5 Å². The Morgan fingerprint density at radius 2 is 2.14 bits per heavy atom. The first-order valence-corrected chi connectivity index (χ1v) is 6.11. The van der Waals surface area contributed by atoms with E-state index < -0.39 is 0 Å². The van der Waals surface area contributed by atoms with Gasteiger partial charge >= 0.3 is 0 Å². The van der Waals surface area contributed by atoms with Crippen LogP contribution in [0.15, 0.2) is 23.1 Å². The van der Waals surface area contributed by atoms with E-state index in [0.29, 0.717) is 0 Å². The maximum atomic E-state index is 5.93. The number of nitrogen functional groups attached to an aromatic ring is 1. The second-order valence-electron chi connectivity index (χ2n) is 3.82. The Labute approximate surface area is 91.1 Å². The molecule has 2 N–H and O–H groups in total. The first-order chi connectivity index (χ1) is 6.65.